The van der Waals surface area contributed by atoms with Crippen LogP contribution in [0.5, 0.6) is 5.75 Å². The zero-order valence-electron chi connectivity index (χ0n) is 28.5. The molecule has 2 aromatic heterocycles. The van der Waals surface area contributed by atoms with Gasteiger partial charge in [-0.2, -0.15) is 0 Å². The van der Waals surface area contributed by atoms with Crippen molar-refractivity contribution in [2.75, 3.05) is 6.61 Å². The molecule has 0 spiro atoms. The standard InChI is InChI=1S/C36H41ClN4O7S2/c1-6-48-26-12-10-22(11-13-26)32-38-24(18-49-32)16-29(42)40-28(34(44)45)15-21(4)14-23-8-7-9-27(31(23)37)33-39-25(19-50-33)17-30(43)41-36(5,20(2)3)35(46)47/h7-13,18-21,28H,6,14-17H2,1-5H3,(H,40,42)(H,41,43)(H,44,45)(H,46,47)/t21?,28-,36?/m0/s1. The number of benzene rings is 2. The van der Waals surface area contributed by atoms with Crippen LogP contribution in [0.3, 0.4) is 0 Å². The van der Waals surface area contributed by atoms with Crippen LogP contribution in [0.1, 0.15) is 58.0 Å². The van der Waals surface area contributed by atoms with Gasteiger partial charge in [-0.05, 0) is 68.4 Å². The van der Waals surface area contributed by atoms with E-state index in [0.717, 1.165) is 21.9 Å². The first-order valence-corrected chi connectivity index (χ1v) is 18.3. The molecule has 0 aliphatic heterocycles. The van der Waals surface area contributed by atoms with Crippen molar-refractivity contribution in [2.45, 2.75) is 71.9 Å². The minimum atomic E-state index is -1.41. The number of hydrogen-bond donors (Lipinski definition) is 4. The van der Waals surface area contributed by atoms with E-state index in [1.807, 2.05) is 56.3 Å². The Balaban J connectivity index is 1.35. The van der Waals surface area contributed by atoms with Crippen molar-refractivity contribution in [1.29, 1.82) is 0 Å². The van der Waals surface area contributed by atoms with E-state index in [2.05, 4.69) is 20.6 Å². The second-order valence-electron chi connectivity index (χ2n) is 12.6. The van der Waals surface area contributed by atoms with Crippen molar-refractivity contribution in [3.8, 4) is 26.9 Å². The molecule has 0 saturated heterocycles. The first-order chi connectivity index (χ1) is 23.7. The largest absolute Gasteiger partial charge is 0.494 e. The van der Waals surface area contributed by atoms with Crippen LogP contribution in [0.2, 0.25) is 5.02 Å². The summed E-state index contributed by atoms with van der Waals surface area (Å²) < 4.78 is 5.48. The number of thiazole rings is 2. The fourth-order valence-electron chi connectivity index (χ4n) is 5.23. The average Bonchev–Trinajstić information content (AvgIpc) is 3.71. The first kappa shape index (κ1) is 38.5. The topological polar surface area (TPSA) is 168 Å². The molecule has 0 saturated carbocycles. The summed E-state index contributed by atoms with van der Waals surface area (Å²) in [4.78, 5) is 58.6. The molecule has 4 aromatic rings. The van der Waals surface area contributed by atoms with Gasteiger partial charge < -0.3 is 25.6 Å². The third-order valence-corrected chi connectivity index (χ3v) is 10.7. The lowest BCUT2D eigenvalue weighted by atomic mass is 9.88. The van der Waals surface area contributed by atoms with Crippen LogP contribution in [-0.2, 0) is 38.4 Å². The second-order valence-corrected chi connectivity index (χ2v) is 14.7. The van der Waals surface area contributed by atoms with Crippen LogP contribution in [0.15, 0.2) is 53.2 Å². The zero-order valence-corrected chi connectivity index (χ0v) is 30.9. The number of carbonyl (C=O) groups excluding carboxylic acids is 2. The number of hydrogen-bond acceptors (Lipinski definition) is 9. The van der Waals surface area contributed by atoms with Crippen molar-refractivity contribution in [3.05, 3.63) is 75.2 Å². The Morgan fingerprint density at radius 3 is 2.14 bits per heavy atom. The van der Waals surface area contributed by atoms with Crippen LogP contribution in [0.25, 0.3) is 21.1 Å². The number of halogens is 1. The summed E-state index contributed by atoms with van der Waals surface area (Å²) in [6.07, 6.45) is 0.495. The number of ether oxygens (including phenoxy) is 1. The fourth-order valence-corrected chi connectivity index (χ4v) is 7.26. The highest BCUT2D eigenvalue weighted by molar-refractivity contribution is 7.13. The number of carboxylic acid groups (broad SMARTS) is 2. The average molecular weight is 741 g/mol. The molecular formula is C36H41ClN4O7S2. The lowest BCUT2D eigenvalue weighted by Gasteiger charge is -2.30. The number of nitrogens with one attached hydrogen (secondary N) is 2. The first-order valence-electron chi connectivity index (χ1n) is 16.2. The summed E-state index contributed by atoms with van der Waals surface area (Å²) in [6.45, 7) is 9.33. The van der Waals surface area contributed by atoms with Gasteiger partial charge in [0.25, 0.3) is 0 Å². The number of rotatable bonds is 17. The Hall–Kier alpha value is -4.33. The molecule has 0 aliphatic carbocycles. The lowest BCUT2D eigenvalue weighted by molar-refractivity contribution is -0.148. The SMILES string of the molecule is CCOc1ccc(-c2nc(CC(=O)N[C@@H](CC(C)Cc3cccc(-c4nc(CC(=O)NC(C)(C(=O)O)C(C)C)cs4)c3Cl)C(=O)O)cs2)cc1. The third-order valence-electron chi connectivity index (χ3n) is 8.35. The maximum Gasteiger partial charge on any atom is 0.329 e. The molecule has 3 atom stereocenters. The van der Waals surface area contributed by atoms with Gasteiger partial charge in [0.1, 0.15) is 27.3 Å². The van der Waals surface area contributed by atoms with E-state index < -0.39 is 35.3 Å². The molecule has 11 nitrogen and oxygen atoms in total. The minimum Gasteiger partial charge on any atom is -0.494 e. The van der Waals surface area contributed by atoms with Crippen molar-refractivity contribution in [2.24, 2.45) is 11.8 Å². The van der Waals surface area contributed by atoms with E-state index in [9.17, 15) is 29.4 Å². The van der Waals surface area contributed by atoms with E-state index in [0.29, 0.717) is 40.0 Å². The summed E-state index contributed by atoms with van der Waals surface area (Å²) >= 11 is 9.55. The van der Waals surface area contributed by atoms with E-state index in [-0.39, 0.29) is 31.1 Å². The number of aliphatic carboxylic acids is 2. The van der Waals surface area contributed by atoms with Crippen LogP contribution in [-0.4, -0.2) is 62.1 Å². The molecule has 0 bridgehead atoms. The number of aromatic nitrogens is 2. The van der Waals surface area contributed by atoms with E-state index in [1.54, 1.807) is 24.6 Å². The van der Waals surface area contributed by atoms with Gasteiger partial charge in [-0.3, -0.25) is 9.59 Å². The van der Waals surface area contributed by atoms with Crippen molar-refractivity contribution < 1.29 is 34.1 Å². The Labute approximate surface area is 304 Å². The maximum absolute atomic E-state index is 12.9. The van der Waals surface area contributed by atoms with E-state index >= 15 is 0 Å². The Bertz CT molecular complexity index is 1820. The molecule has 14 heteroatoms. The number of amides is 2. The fraction of sp³-hybridized carbons (Fsp3) is 0.389. The van der Waals surface area contributed by atoms with Crippen molar-refractivity contribution in [3.63, 3.8) is 0 Å². The summed E-state index contributed by atoms with van der Waals surface area (Å²) in [6, 6.07) is 12.0. The van der Waals surface area contributed by atoms with Gasteiger partial charge in [0.2, 0.25) is 11.8 Å². The molecule has 266 valence electrons. The molecule has 4 N–H and O–H groups in total. The molecule has 2 unspecified atom stereocenters. The molecule has 0 aliphatic rings. The molecule has 0 radical (unpaired) electrons. The highest BCUT2D eigenvalue weighted by Gasteiger charge is 2.38. The number of nitrogens with zero attached hydrogens (tertiary/aromatic N) is 2. The zero-order chi connectivity index (χ0) is 36.6. The van der Waals surface area contributed by atoms with Crippen LogP contribution in [0, 0.1) is 11.8 Å². The van der Waals surface area contributed by atoms with Crippen molar-refractivity contribution >= 4 is 58.0 Å². The minimum absolute atomic E-state index is 0.0480. The van der Waals surface area contributed by atoms with Crippen LogP contribution < -0.4 is 15.4 Å². The van der Waals surface area contributed by atoms with Gasteiger partial charge in [-0.25, -0.2) is 19.6 Å². The van der Waals surface area contributed by atoms with Gasteiger partial charge in [0, 0.05) is 21.9 Å². The molecule has 50 heavy (non-hydrogen) atoms. The highest BCUT2D eigenvalue weighted by Crippen LogP contribution is 2.34. The predicted octanol–water partition coefficient (Wildman–Crippen LogP) is 6.52. The molecule has 2 heterocycles. The monoisotopic (exact) mass is 740 g/mol. The quantitative estimate of drug-likeness (QED) is 0.0942. The van der Waals surface area contributed by atoms with Gasteiger partial charge in [0.15, 0.2) is 0 Å². The summed E-state index contributed by atoms with van der Waals surface area (Å²) in [5, 5.41) is 30.1. The second kappa shape index (κ2) is 17.1. The van der Waals surface area contributed by atoms with Gasteiger partial charge in [0.05, 0.1) is 35.9 Å². The summed E-state index contributed by atoms with van der Waals surface area (Å²) in [5.41, 5.74) is 1.99. The highest BCUT2D eigenvalue weighted by atomic mass is 35.5. The Morgan fingerprint density at radius 2 is 1.54 bits per heavy atom. The number of carboxylic acids is 2. The smallest absolute Gasteiger partial charge is 0.329 e. The lowest BCUT2D eigenvalue weighted by Crippen LogP contribution is -2.56. The molecular weight excluding hydrogens is 700 g/mol. The third kappa shape index (κ3) is 9.89. The van der Waals surface area contributed by atoms with E-state index in [1.165, 1.54) is 29.6 Å². The van der Waals surface area contributed by atoms with Gasteiger partial charge >= 0.3 is 11.9 Å². The van der Waals surface area contributed by atoms with Crippen LogP contribution in [0.4, 0.5) is 0 Å². The van der Waals surface area contributed by atoms with Crippen LogP contribution >= 0.6 is 34.3 Å². The molecule has 2 aromatic carbocycles. The predicted molar refractivity (Wildman–Crippen MR) is 195 cm³/mol. The maximum atomic E-state index is 12.9. The molecule has 4 rings (SSSR count). The Morgan fingerprint density at radius 1 is 0.920 bits per heavy atom. The summed E-state index contributed by atoms with van der Waals surface area (Å²) in [5.74, 6) is -2.84. The van der Waals surface area contributed by atoms with Crippen molar-refractivity contribution in [1.82, 2.24) is 20.6 Å². The number of carbonyl (C=O) groups is 4. The molecule has 2 amide bonds. The molecule has 0 fully saturated rings. The summed E-state index contributed by atoms with van der Waals surface area (Å²) in [7, 11) is 0. The van der Waals surface area contributed by atoms with Gasteiger partial charge in [-0.1, -0.05) is 50.6 Å². The Kier molecular flexibility index (Phi) is 13.1. The normalized spacial score (nSPS) is 13.7. The van der Waals surface area contributed by atoms with Gasteiger partial charge in [-0.15, -0.1) is 22.7 Å². The van der Waals surface area contributed by atoms with E-state index in [4.69, 9.17) is 16.3 Å².